The molecule has 0 radical (unpaired) electrons. The van der Waals surface area contributed by atoms with E-state index in [1.807, 2.05) is 4.90 Å². The number of aromatic nitrogens is 3. The first kappa shape index (κ1) is 29.5. The summed E-state index contributed by atoms with van der Waals surface area (Å²) in [6.45, 7) is 3.89. The minimum absolute atomic E-state index is 0.0207. The van der Waals surface area contributed by atoms with Crippen LogP contribution >= 0.6 is 11.6 Å². The van der Waals surface area contributed by atoms with Gasteiger partial charge >= 0.3 is 12.2 Å². The van der Waals surface area contributed by atoms with Gasteiger partial charge in [-0.2, -0.15) is 23.1 Å². The van der Waals surface area contributed by atoms with Crippen LogP contribution in [-0.4, -0.2) is 88.3 Å². The third kappa shape index (κ3) is 5.71. The Kier molecular flexibility index (Phi) is 7.66. The van der Waals surface area contributed by atoms with Crippen molar-refractivity contribution in [1.29, 1.82) is 0 Å². The fraction of sp³-hybridized carbons (Fsp3) is 0.667. The third-order valence-corrected chi connectivity index (χ3v) is 8.74. The number of halogens is 5. The smallest absolute Gasteiger partial charge is 0.419 e. The van der Waals surface area contributed by atoms with Gasteiger partial charge in [0.05, 0.1) is 53.9 Å². The molecule has 0 bridgehead atoms. The van der Waals surface area contributed by atoms with E-state index in [4.69, 9.17) is 31.5 Å². The van der Waals surface area contributed by atoms with Crippen LogP contribution in [0.25, 0.3) is 0 Å². The molecule has 2 aromatic heterocycles. The number of rotatable bonds is 5. The largest absolute Gasteiger partial charge is 0.461 e. The number of nitrogen functional groups attached to an aromatic ring is 1. The van der Waals surface area contributed by atoms with Crippen LogP contribution in [-0.2, 0) is 28.7 Å². The molecule has 0 aromatic carbocycles. The number of alkyl halides is 4. The standard InChI is InChI=1S/C27H33ClF4N6O4/c1-25(39)12-37(5-6-40-13-25)23-16-11-41-19(22-21(27(30,31)32)17(28)7-20(33)35-22)8-18(16)34-24(36-23)42-14-26-3-2-4-38(26)10-15(29)9-26/h7,15,19,39H,2-6,8-14H2,1H3,(H2,33,35)/t15-,19?,25+,26+/m1/s1. The summed E-state index contributed by atoms with van der Waals surface area (Å²) in [6, 6.07) is 0.980. The molecule has 10 nitrogen and oxygen atoms in total. The molecule has 0 spiro atoms. The summed E-state index contributed by atoms with van der Waals surface area (Å²) in [5.74, 6) is 0.268. The fourth-order valence-electron chi connectivity index (χ4n) is 6.63. The summed E-state index contributed by atoms with van der Waals surface area (Å²) in [4.78, 5) is 17.2. The van der Waals surface area contributed by atoms with Gasteiger partial charge < -0.3 is 30.0 Å². The highest BCUT2D eigenvalue weighted by Gasteiger charge is 2.49. The van der Waals surface area contributed by atoms with E-state index in [1.165, 1.54) is 0 Å². The van der Waals surface area contributed by atoms with Crippen molar-refractivity contribution in [3.63, 3.8) is 0 Å². The number of nitrogens with zero attached hydrogens (tertiary/aromatic N) is 5. The Morgan fingerprint density at radius 2 is 2.07 bits per heavy atom. The van der Waals surface area contributed by atoms with Crippen LogP contribution in [0.4, 0.5) is 29.2 Å². The molecule has 0 saturated carbocycles. The molecule has 4 atom stereocenters. The van der Waals surface area contributed by atoms with Crippen LogP contribution in [0.1, 0.15) is 54.8 Å². The van der Waals surface area contributed by atoms with Crippen molar-refractivity contribution >= 4 is 23.2 Å². The Hall–Kier alpha value is -2.52. The first-order valence-corrected chi connectivity index (χ1v) is 14.3. The van der Waals surface area contributed by atoms with E-state index in [-0.39, 0.29) is 44.6 Å². The number of anilines is 2. The first-order chi connectivity index (χ1) is 19.8. The van der Waals surface area contributed by atoms with Crippen molar-refractivity contribution in [2.45, 2.75) is 68.8 Å². The van der Waals surface area contributed by atoms with Gasteiger partial charge in [-0.1, -0.05) is 11.6 Å². The lowest BCUT2D eigenvalue weighted by molar-refractivity contribution is -0.140. The number of nitrogens with two attached hydrogens (primary N) is 1. The molecule has 2 aromatic rings. The van der Waals surface area contributed by atoms with Gasteiger partial charge in [0.1, 0.15) is 36.1 Å². The molecule has 0 aliphatic carbocycles. The van der Waals surface area contributed by atoms with Crippen LogP contribution in [0.3, 0.4) is 0 Å². The summed E-state index contributed by atoms with van der Waals surface area (Å²) in [5, 5.41) is 10.3. The van der Waals surface area contributed by atoms with Gasteiger partial charge in [-0.3, -0.25) is 4.90 Å². The molecule has 42 heavy (non-hydrogen) atoms. The summed E-state index contributed by atoms with van der Waals surface area (Å²) in [7, 11) is 0. The van der Waals surface area contributed by atoms with E-state index >= 15 is 0 Å². The zero-order chi connectivity index (χ0) is 29.9. The van der Waals surface area contributed by atoms with Crippen molar-refractivity contribution < 1.29 is 36.9 Å². The molecule has 3 fully saturated rings. The molecule has 1 unspecified atom stereocenters. The number of hydrogen-bond donors (Lipinski definition) is 2. The zero-order valence-corrected chi connectivity index (χ0v) is 23.8. The molecule has 6 rings (SSSR count). The number of fused-ring (bicyclic) bond motifs is 2. The van der Waals surface area contributed by atoms with E-state index in [9.17, 15) is 22.7 Å². The second-order valence-electron chi connectivity index (χ2n) is 11.9. The number of pyridine rings is 1. The molecule has 4 aliphatic rings. The van der Waals surface area contributed by atoms with Crippen LogP contribution in [0.5, 0.6) is 6.01 Å². The molecule has 4 aliphatic heterocycles. The maximum absolute atomic E-state index is 14.3. The van der Waals surface area contributed by atoms with Gasteiger partial charge in [0, 0.05) is 31.5 Å². The highest BCUT2D eigenvalue weighted by atomic mass is 35.5. The number of β-amino-alcohol motifs (C(OH)–C–C–N with tert-alkyl or cyclic N) is 1. The van der Waals surface area contributed by atoms with E-state index < -0.39 is 45.9 Å². The SMILES string of the molecule is C[C@@]1(O)COCCN(c2nc(OC[C@@]34CCCN3C[C@H](F)C4)nc3c2COC(c2nc(N)cc(Cl)c2C(F)(F)F)C3)C1. The second-order valence-corrected chi connectivity index (χ2v) is 12.3. The van der Waals surface area contributed by atoms with Crippen molar-refractivity contribution in [3.05, 3.63) is 33.6 Å². The van der Waals surface area contributed by atoms with Crippen LogP contribution in [0.15, 0.2) is 6.07 Å². The molecule has 6 heterocycles. The average molecular weight is 617 g/mol. The van der Waals surface area contributed by atoms with Gasteiger partial charge in [-0.25, -0.2) is 9.37 Å². The zero-order valence-electron chi connectivity index (χ0n) is 23.1. The number of aliphatic hydroxyl groups is 1. The van der Waals surface area contributed by atoms with E-state index in [0.717, 1.165) is 25.5 Å². The third-order valence-electron chi connectivity index (χ3n) is 8.45. The van der Waals surface area contributed by atoms with Crippen molar-refractivity contribution in [3.8, 4) is 6.01 Å². The highest BCUT2D eigenvalue weighted by molar-refractivity contribution is 6.31. The normalized spacial score (nSPS) is 30.2. The molecular weight excluding hydrogens is 584 g/mol. The van der Waals surface area contributed by atoms with Crippen molar-refractivity contribution in [1.82, 2.24) is 19.9 Å². The van der Waals surface area contributed by atoms with Crippen molar-refractivity contribution in [2.75, 3.05) is 56.6 Å². The number of ether oxygens (including phenoxy) is 3. The second kappa shape index (κ2) is 10.9. The highest BCUT2D eigenvalue weighted by Crippen LogP contribution is 2.44. The Balaban J connectivity index is 1.36. The summed E-state index contributed by atoms with van der Waals surface area (Å²) in [6.07, 6.45) is -4.88. The van der Waals surface area contributed by atoms with E-state index in [2.05, 4.69) is 19.9 Å². The van der Waals surface area contributed by atoms with Crippen LogP contribution in [0, 0.1) is 0 Å². The van der Waals surface area contributed by atoms with Gasteiger partial charge in [-0.05, 0) is 32.4 Å². The maximum atomic E-state index is 14.3. The van der Waals surface area contributed by atoms with E-state index in [1.54, 1.807) is 6.92 Å². The quantitative estimate of drug-likeness (QED) is 0.483. The Bertz CT molecular complexity index is 1350. The van der Waals surface area contributed by atoms with Crippen molar-refractivity contribution in [2.24, 2.45) is 0 Å². The maximum Gasteiger partial charge on any atom is 0.419 e. The topological polar surface area (TPSA) is 119 Å². The predicted molar refractivity (Wildman–Crippen MR) is 144 cm³/mol. The van der Waals surface area contributed by atoms with Gasteiger partial charge in [0.25, 0.3) is 0 Å². The predicted octanol–water partition coefficient (Wildman–Crippen LogP) is 3.48. The Morgan fingerprint density at radius 1 is 1.26 bits per heavy atom. The lowest BCUT2D eigenvalue weighted by Crippen LogP contribution is -2.44. The molecule has 3 N–H and O–H groups in total. The molecule has 230 valence electrons. The molecule has 0 amide bonds. The van der Waals surface area contributed by atoms with Gasteiger partial charge in [0.2, 0.25) is 0 Å². The van der Waals surface area contributed by atoms with Gasteiger partial charge in [0.15, 0.2) is 0 Å². The fourth-order valence-corrected chi connectivity index (χ4v) is 6.94. The van der Waals surface area contributed by atoms with Crippen LogP contribution in [0.2, 0.25) is 5.02 Å². The summed E-state index contributed by atoms with van der Waals surface area (Å²) in [5.41, 5.74) is 3.59. The summed E-state index contributed by atoms with van der Waals surface area (Å²) >= 11 is 5.98. The Morgan fingerprint density at radius 3 is 2.86 bits per heavy atom. The monoisotopic (exact) mass is 616 g/mol. The lowest BCUT2D eigenvalue weighted by Gasteiger charge is -2.34. The lowest BCUT2D eigenvalue weighted by atomic mass is 9.95. The minimum Gasteiger partial charge on any atom is -0.461 e. The molecule has 3 saturated heterocycles. The number of hydrogen-bond acceptors (Lipinski definition) is 10. The minimum atomic E-state index is -4.79. The Labute approximate surface area is 245 Å². The van der Waals surface area contributed by atoms with Gasteiger partial charge in [-0.15, -0.1) is 0 Å². The molecule has 15 heteroatoms. The summed E-state index contributed by atoms with van der Waals surface area (Å²) < 4.78 is 74.1. The van der Waals surface area contributed by atoms with E-state index in [0.29, 0.717) is 43.2 Å². The van der Waals surface area contributed by atoms with Crippen LogP contribution < -0.4 is 15.4 Å². The average Bonchev–Trinajstić information content (AvgIpc) is 3.35. The first-order valence-electron chi connectivity index (χ1n) is 14.0. The molecular formula is C27H33ClF4N6O4.